The van der Waals surface area contributed by atoms with Crippen LogP contribution in [0.3, 0.4) is 0 Å². The Hall–Kier alpha value is -0.970. The highest BCUT2D eigenvalue weighted by Crippen LogP contribution is 2.35. The first kappa shape index (κ1) is 20.1. The quantitative estimate of drug-likeness (QED) is 0.617. The van der Waals surface area contributed by atoms with Crippen LogP contribution < -0.4 is 14.8 Å². The van der Waals surface area contributed by atoms with Crippen LogP contribution in [0.15, 0.2) is 12.1 Å². The van der Waals surface area contributed by atoms with Crippen molar-refractivity contribution < 1.29 is 9.47 Å². The normalized spacial score (nSPS) is 11.3. The van der Waals surface area contributed by atoms with E-state index in [0.717, 1.165) is 50.5 Å². The van der Waals surface area contributed by atoms with E-state index in [4.69, 9.17) is 21.1 Å². The standard InChI is InChI=1S/C18H31ClN2O2/c1-6-21(7-2)10-8-9-20-13-15-11-16(19)12-17(22-5)18(15)23-14(3)4/h11-12,14,20H,6-10,13H2,1-5H3. The molecule has 0 bridgehead atoms. The van der Waals surface area contributed by atoms with Gasteiger partial charge in [-0.2, -0.15) is 0 Å². The fraction of sp³-hybridized carbons (Fsp3) is 0.667. The number of rotatable bonds is 11. The van der Waals surface area contributed by atoms with Gasteiger partial charge >= 0.3 is 0 Å². The number of nitrogens with one attached hydrogen (secondary N) is 1. The molecule has 0 amide bonds. The van der Waals surface area contributed by atoms with Crippen molar-refractivity contribution in [3.05, 3.63) is 22.7 Å². The van der Waals surface area contributed by atoms with E-state index in [2.05, 4.69) is 24.1 Å². The SMILES string of the molecule is CCN(CC)CCCNCc1cc(Cl)cc(OC)c1OC(C)C. The average molecular weight is 343 g/mol. The van der Waals surface area contributed by atoms with E-state index < -0.39 is 0 Å². The number of ether oxygens (including phenoxy) is 2. The van der Waals surface area contributed by atoms with Gasteiger partial charge in [-0.15, -0.1) is 0 Å². The van der Waals surface area contributed by atoms with Gasteiger partial charge in [-0.25, -0.2) is 0 Å². The van der Waals surface area contributed by atoms with Crippen LogP contribution in [0.2, 0.25) is 5.02 Å². The van der Waals surface area contributed by atoms with E-state index in [0.29, 0.717) is 10.8 Å². The molecule has 0 atom stereocenters. The van der Waals surface area contributed by atoms with Crippen LogP contribution in [0.25, 0.3) is 0 Å². The molecule has 0 aliphatic heterocycles. The summed E-state index contributed by atoms with van der Waals surface area (Å²) in [4.78, 5) is 2.43. The van der Waals surface area contributed by atoms with Gasteiger partial charge in [0.05, 0.1) is 13.2 Å². The number of hydrogen-bond donors (Lipinski definition) is 1. The van der Waals surface area contributed by atoms with E-state index >= 15 is 0 Å². The maximum Gasteiger partial charge on any atom is 0.166 e. The minimum atomic E-state index is 0.0893. The van der Waals surface area contributed by atoms with Crippen LogP contribution in [-0.2, 0) is 6.54 Å². The highest BCUT2D eigenvalue weighted by atomic mass is 35.5. The maximum absolute atomic E-state index is 6.19. The number of benzene rings is 1. The lowest BCUT2D eigenvalue weighted by Gasteiger charge is -2.19. The van der Waals surface area contributed by atoms with E-state index in [9.17, 15) is 0 Å². The predicted molar refractivity (Wildman–Crippen MR) is 97.9 cm³/mol. The first-order valence-electron chi connectivity index (χ1n) is 8.47. The van der Waals surface area contributed by atoms with Gasteiger partial charge in [-0.3, -0.25) is 0 Å². The first-order chi connectivity index (χ1) is 11.0. The molecule has 1 N–H and O–H groups in total. The molecular formula is C18H31ClN2O2. The second-order valence-corrected chi connectivity index (χ2v) is 6.26. The monoisotopic (exact) mass is 342 g/mol. The van der Waals surface area contributed by atoms with Gasteiger partial charge in [0.1, 0.15) is 0 Å². The molecule has 132 valence electrons. The summed E-state index contributed by atoms with van der Waals surface area (Å²) in [6.45, 7) is 13.4. The Bertz CT molecular complexity index is 463. The Morgan fingerprint density at radius 1 is 1.22 bits per heavy atom. The Morgan fingerprint density at radius 3 is 2.48 bits per heavy atom. The minimum Gasteiger partial charge on any atom is -0.493 e. The second kappa shape index (κ2) is 10.7. The van der Waals surface area contributed by atoms with Gasteiger partial charge in [0, 0.05) is 23.2 Å². The zero-order valence-corrected chi connectivity index (χ0v) is 15.9. The van der Waals surface area contributed by atoms with Gasteiger partial charge in [0.25, 0.3) is 0 Å². The van der Waals surface area contributed by atoms with Crippen LogP contribution in [0.5, 0.6) is 11.5 Å². The van der Waals surface area contributed by atoms with Crippen molar-refractivity contribution in [2.24, 2.45) is 0 Å². The zero-order chi connectivity index (χ0) is 17.2. The fourth-order valence-corrected chi connectivity index (χ4v) is 2.70. The van der Waals surface area contributed by atoms with Crippen LogP contribution in [-0.4, -0.2) is 44.3 Å². The molecule has 0 spiro atoms. The Kier molecular flexibility index (Phi) is 9.37. The van der Waals surface area contributed by atoms with Gasteiger partial charge < -0.3 is 19.7 Å². The van der Waals surface area contributed by atoms with E-state index in [1.165, 1.54) is 0 Å². The molecule has 1 rings (SSSR count). The lowest BCUT2D eigenvalue weighted by Crippen LogP contribution is -2.27. The topological polar surface area (TPSA) is 33.7 Å². The summed E-state index contributed by atoms with van der Waals surface area (Å²) in [5.41, 5.74) is 1.03. The highest BCUT2D eigenvalue weighted by molar-refractivity contribution is 6.30. The van der Waals surface area contributed by atoms with E-state index in [1.54, 1.807) is 13.2 Å². The van der Waals surface area contributed by atoms with Crippen molar-refractivity contribution in [1.29, 1.82) is 0 Å². The summed E-state index contributed by atoms with van der Waals surface area (Å²) >= 11 is 6.19. The molecular weight excluding hydrogens is 312 g/mol. The van der Waals surface area contributed by atoms with Crippen molar-refractivity contribution >= 4 is 11.6 Å². The summed E-state index contributed by atoms with van der Waals surface area (Å²) < 4.78 is 11.3. The molecule has 0 saturated heterocycles. The summed E-state index contributed by atoms with van der Waals surface area (Å²) in [5.74, 6) is 1.47. The molecule has 0 radical (unpaired) electrons. The van der Waals surface area contributed by atoms with Crippen molar-refractivity contribution in [1.82, 2.24) is 10.2 Å². The van der Waals surface area contributed by atoms with Gasteiger partial charge in [-0.1, -0.05) is 25.4 Å². The van der Waals surface area contributed by atoms with Gasteiger partial charge in [-0.05, 0) is 52.5 Å². The van der Waals surface area contributed by atoms with Crippen LogP contribution in [0.4, 0.5) is 0 Å². The number of halogens is 1. The molecule has 0 unspecified atom stereocenters. The predicted octanol–water partition coefficient (Wildman–Crippen LogP) is 3.96. The summed E-state index contributed by atoms with van der Waals surface area (Å²) in [6, 6.07) is 3.74. The van der Waals surface area contributed by atoms with Crippen molar-refractivity contribution in [3.8, 4) is 11.5 Å². The Balaban J connectivity index is 2.62. The van der Waals surface area contributed by atoms with Crippen molar-refractivity contribution in [2.75, 3.05) is 33.3 Å². The van der Waals surface area contributed by atoms with Crippen LogP contribution >= 0.6 is 11.6 Å². The number of nitrogens with zero attached hydrogens (tertiary/aromatic N) is 1. The van der Waals surface area contributed by atoms with Crippen molar-refractivity contribution in [2.45, 2.75) is 46.8 Å². The molecule has 1 aromatic carbocycles. The van der Waals surface area contributed by atoms with Crippen molar-refractivity contribution in [3.63, 3.8) is 0 Å². The largest absolute Gasteiger partial charge is 0.493 e. The van der Waals surface area contributed by atoms with Gasteiger partial charge in [0.15, 0.2) is 11.5 Å². The third kappa shape index (κ3) is 6.98. The molecule has 23 heavy (non-hydrogen) atoms. The average Bonchev–Trinajstić information content (AvgIpc) is 2.52. The van der Waals surface area contributed by atoms with Gasteiger partial charge in [0.2, 0.25) is 0 Å². The molecule has 0 aliphatic rings. The van der Waals surface area contributed by atoms with Crippen LogP contribution in [0.1, 0.15) is 39.7 Å². The molecule has 0 aromatic heterocycles. The summed E-state index contributed by atoms with van der Waals surface area (Å²) in [7, 11) is 1.64. The number of methoxy groups -OCH3 is 1. The molecule has 0 saturated carbocycles. The van der Waals surface area contributed by atoms with E-state index in [1.807, 2.05) is 19.9 Å². The Labute approximate surface area is 146 Å². The first-order valence-corrected chi connectivity index (χ1v) is 8.85. The lowest BCUT2D eigenvalue weighted by atomic mass is 10.1. The number of hydrogen-bond acceptors (Lipinski definition) is 4. The van der Waals surface area contributed by atoms with Crippen LogP contribution in [0, 0.1) is 0 Å². The van der Waals surface area contributed by atoms with E-state index in [-0.39, 0.29) is 6.10 Å². The maximum atomic E-state index is 6.19. The molecule has 0 aliphatic carbocycles. The highest BCUT2D eigenvalue weighted by Gasteiger charge is 2.14. The smallest absolute Gasteiger partial charge is 0.166 e. The third-order valence-electron chi connectivity index (χ3n) is 3.71. The summed E-state index contributed by atoms with van der Waals surface area (Å²) in [5, 5.41) is 4.14. The Morgan fingerprint density at radius 2 is 1.91 bits per heavy atom. The summed E-state index contributed by atoms with van der Waals surface area (Å²) in [6.07, 6.45) is 1.21. The third-order valence-corrected chi connectivity index (χ3v) is 3.93. The zero-order valence-electron chi connectivity index (χ0n) is 15.1. The molecule has 5 heteroatoms. The molecule has 1 aromatic rings. The molecule has 0 heterocycles. The molecule has 0 fully saturated rings. The lowest BCUT2D eigenvalue weighted by molar-refractivity contribution is 0.227. The molecule has 4 nitrogen and oxygen atoms in total. The second-order valence-electron chi connectivity index (χ2n) is 5.82. The minimum absolute atomic E-state index is 0.0893. The fourth-order valence-electron chi connectivity index (χ4n) is 2.47.